The molecule has 0 atom stereocenters. The predicted octanol–water partition coefficient (Wildman–Crippen LogP) is 3.08. The van der Waals surface area contributed by atoms with E-state index < -0.39 is 5.97 Å². The monoisotopic (exact) mass is 329 g/mol. The molecule has 0 spiro atoms. The highest BCUT2D eigenvalue weighted by Crippen LogP contribution is 2.34. The molecule has 1 aliphatic carbocycles. The molecule has 1 aromatic carbocycles. The molecule has 6 heteroatoms. The van der Waals surface area contributed by atoms with Crippen LogP contribution in [0.2, 0.25) is 0 Å². The highest BCUT2D eigenvalue weighted by atomic mass is 16.4. The third-order valence-electron chi connectivity index (χ3n) is 3.72. The normalized spacial score (nSPS) is 17.2. The molecule has 6 nitrogen and oxygen atoms in total. The number of aromatic carboxylic acids is 1. The summed E-state index contributed by atoms with van der Waals surface area (Å²) in [6.07, 6.45) is 3.07. The van der Waals surface area contributed by atoms with E-state index in [4.69, 9.17) is 5.11 Å². The lowest BCUT2D eigenvalue weighted by molar-refractivity contribution is -0.127. The van der Waals surface area contributed by atoms with Gasteiger partial charge in [0.15, 0.2) is 11.6 Å². The minimum absolute atomic E-state index is 0.159. The van der Waals surface area contributed by atoms with Crippen LogP contribution in [0.3, 0.4) is 0 Å². The Kier molecular flexibility index (Phi) is 4.87. The van der Waals surface area contributed by atoms with Crippen LogP contribution in [0, 0.1) is 5.41 Å². The Morgan fingerprint density at radius 2 is 1.62 bits per heavy atom. The van der Waals surface area contributed by atoms with Crippen molar-refractivity contribution in [2.24, 2.45) is 5.41 Å². The van der Waals surface area contributed by atoms with Crippen molar-refractivity contribution in [3.63, 3.8) is 0 Å². The SMILES string of the molecule is CC1(C)CC(=O)C(=C(O)C=CNc2ccc(C(=O)O)cc2)C(=O)C1. The van der Waals surface area contributed by atoms with E-state index in [9.17, 15) is 19.5 Å². The molecule has 1 aliphatic rings. The van der Waals surface area contributed by atoms with Gasteiger partial charge in [-0.1, -0.05) is 13.8 Å². The zero-order chi connectivity index (χ0) is 17.9. The number of aliphatic hydroxyl groups is 1. The zero-order valence-corrected chi connectivity index (χ0v) is 13.5. The maximum atomic E-state index is 12.0. The number of nitrogens with one attached hydrogen (secondary N) is 1. The van der Waals surface area contributed by atoms with Gasteiger partial charge in [0.25, 0.3) is 0 Å². The van der Waals surface area contributed by atoms with Crippen molar-refractivity contribution in [3.8, 4) is 0 Å². The average molecular weight is 329 g/mol. The summed E-state index contributed by atoms with van der Waals surface area (Å²) in [6.45, 7) is 3.68. The van der Waals surface area contributed by atoms with Crippen molar-refractivity contribution >= 4 is 23.2 Å². The second-order valence-electron chi connectivity index (χ2n) is 6.48. The second-order valence-corrected chi connectivity index (χ2v) is 6.48. The average Bonchev–Trinajstić information content (AvgIpc) is 2.45. The van der Waals surface area contributed by atoms with Crippen LogP contribution in [0.4, 0.5) is 5.69 Å². The third kappa shape index (κ3) is 4.10. The molecule has 0 unspecified atom stereocenters. The van der Waals surface area contributed by atoms with Gasteiger partial charge < -0.3 is 15.5 Å². The van der Waals surface area contributed by atoms with Crippen molar-refractivity contribution in [2.45, 2.75) is 26.7 Å². The number of carbonyl (C=O) groups is 3. The number of anilines is 1. The van der Waals surface area contributed by atoms with Crippen molar-refractivity contribution in [1.29, 1.82) is 0 Å². The summed E-state index contributed by atoms with van der Waals surface area (Å²) in [5, 5.41) is 21.7. The fraction of sp³-hybridized carbons (Fsp3) is 0.278. The molecule has 0 saturated heterocycles. The van der Waals surface area contributed by atoms with E-state index in [1.54, 1.807) is 12.1 Å². The van der Waals surface area contributed by atoms with Crippen LogP contribution >= 0.6 is 0 Å². The Labute approximate surface area is 139 Å². The lowest BCUT2D eigenvalue weighted by atomic mass is 9.74. The third-order valence-corrected chi connectivity index (χ3v) is 3.72. The number of Topliss-reactive ketones (excluding diaryl/α,β-unsaturated/α-hetero) is 2. The quantitative estimate of drug-likeness (QED) is 0.445. The van der Waals surface area contributed by atoms with Crippen molar-refractivity contribution in [1.82, 2.24) is 0 Å². The van der Waals surface area contributed by atoms with E-state index in [0.717, 1.165) is 0 Å². The minimum atomic E-state index is -1.02. The number of rotatable bonds is 4. The first kappa shape index (κ1) is 17.5. The van der Waals surface area contributed by atoms with Gasteiger partial charge in [-0.25, -0.2) is 4.79 Å². The molecular weight excluding hydrogens is 310 g/mol. The first-order valence-corrected chi connectivity index (χ1v) is 7.46. The lowest BCUT2D eigenvalue weighted by Gasteiger charge is -2.28. The summed E-state index contributed by atoms with van der Waals surface area (Å²) >= 11 is 0. The molecule has 3 N–H and O–H groups in total. The molecule has 0 bridgehead atoms. The second kappa shape index (κ2) is 6.70. The van der Waals surface area contributed by atoms with Crippen LogP contribution < -0.4 is 5.32 Å². The summed E-state index contributed by atoms with van der Waals surface area (Å²) in [5.41, 5.74) is 0.229. The fourth-order valence-corrected chi connectivity index (χ4v) is 2.56. The van der Waals surface area contributed by atoms with Crippen molar-refractivity contribution in [2.75, 3.05) is 5.32 Å². The molecular formula is C18H19NO5. The largest absolute Gasteiger partial charge is 0.507 e. The Morgan fingerprint density at radius 3 is 2.12 bits per heavy atom. The molecule has 0 radical (unpaired) electrons. The van der Waals surface area contributed by atoms with Gasteiger partial charge in [0, 0.05) is 24.7 Å². The zero-order valence-electron chi connectivity index (χ0n) is 13.5. The molecule has 1 saturated carbocycles. The maximum Gasteiger partial charge on any atom is 0.335 e. The smallest absolute Gasteiger partial charge is 0.335 e. The van der Waals surface area contributed by atoms with Crippen LogP contribution in [-0.4, -0.2) is 27.7 Å². The maximum absolute atomic E-state index is 12.0. The molecule has 0 aromatic heterocycles. The van der Waals surface area contributed by atoms with Crippen LogP contribution in [0.5, 0.6) is 0 Å². The summed E-state index contributed by atoms with van der Waals surface area (Å²) in [6, 6.07) is 6.01. The van der Waals surface area contributed by atoms with E-state index in [1.807, 2.05) is 13.8 Å². The van der Waals surface area contributed by atoms with Crippen molar-refractivity contribution < 1.29 is 24.6 Å². The summed E-state index contributed by atoms with van der Waals surface area (Å²) in [5.74, 6) is -2.10. The number of hydrogen-bond acceptors (Lipinski definition) is 5. The highest BCUT2D eigenvalue weighted by Gasteiger charge is 2.37. The van der Waals surface area contributed by atoms with E-state index >= 15 is 0 Å². The topological polar surface area (TPSA) is 104 Å². The fourth-order valence-electron chi connectivity index (χ4n) is 2.56. The number of benzene rings is 1. The molecule has 0 amide bonds. The predicted molar refractivity (Wildman–Crippen MR) is 88.8 cm³/mol. The Balaban J connectivity index is 2.09. The number of carboxylic acids is 1. The van der Waals surface area contributed by atoms with Gasteiger partial charge in [0.1, 0.15) is 11.3 Å². The summed E-state index contributed by atoms with van der Waals surface area (Å²) in [7, 11) is 0. The van der Waals surface area contributed by atoms with Gasteiger partial charge in [0.05, 0.1) is 5.56 Å². The number of hydrogen-bond donors (Lipinski definition) is 3. The van der Waals surface area contributed by atoms with E-state index in [0.29, 0.717) is 5.69 Å². The van der Waals surface area contributed by atoms with E-state index in [-0.39, 0.29) is 46.7 Å². The van der Waals surface area contributed by atoms with E-state index in [2.05, 4.69) is 5.32 Å². The van der Waals surface area contributed by atoms with Gasteiger partial charge in [-0.3, -0.25) is 9.59 Å². The number of ketones is 2. The molecule has 24 heavy (non-hydrogen) atoms. The van der Waals surface area contributed by atoms with Gasteiger partial charge in [-0.15, -0.1) is 0 Å². The molecule has 0 heterocycles. The van der Waals surface area contributed by atoms with Gasteiger partial charge >= 0.3 is 5.97 Å². The number of aliphatic hydroxyl groups excluding tert-OH is 1. The lowest BCUT2D eigenvalue weighted by Crippen LogP contribution is -2.32. The first-order valence-electron chi connectivity index (χ1n) is 7.46. The van der Waals surface area contributed by atoms with Crippen LogP contribution in [0.25, 0.3) is 0 Å². The van der Waals surface area contributed by atoms with Gasteiger partial charge in [-0.05, 0) is 35.8 Å². The van der Waals surface area contributed by atoms with Crippen LogP contribution in [-0.2, 0) is 9.59 Å². The number of allylic oxidation sites excluding steroid dienone is 2. The molecule has 1 aromatic rings. The van der Waals surface area contributed by atoms with Crippen LogP contribution in [0.1, 0.15) is 37.0 Å². The standard InChI is InChI=1S/C18H19NO5/c1-18(2)9-14(21)16(15(22)10-18)13(20)7-8-19-12-5-3-11(4-6-12)17(23)24/h3-8,19-20H,9-10H2,1-2H3,(H,23,24). The Morgan fingerprint density at radius 1 is 1.08 bits per heavy atom. The first-order chi connectivity index (χ1) is 11.2. The molecule has 0 aliphatic heterocycles. The molecule has 1 fully saturated rings. The Bertz CT molecular complexity index is 719. The summed E-state index contributed by atoms with van der Waals surface area (Å²) in [4.78, 5) is 34.9. The highest BCUT2D eigenvalue weighted by molar-refractivity contribution is 6.22. The number of carboxylic acid groups (broad SMARTS) is 1. The molecule has 126 valence electrons. The Hall–Kier alpha value is -2.89. The van der Waals surface area contributed by atoms with Gasteiger partial charge in [-0.2, -0.15) is 0 Å². The summed E-state index contributed by atoms with van der Waals surface area (Å²) < 4.78 is 0. The van der Waals surface area contributed by atoms with Crippen molar-refractivity contribution in [3.05, 3.63) is 53.4 Å². The minimum Gasteiger partial charge on any atom is -0.507 e. The van der Waals surface area contributed by atoms with E-state index in [1.165, 1.54) is 24.4 Å². The number of carbonyl (C=O) groups excluding carboxylic acids is 2. The van der Waals surface area contributed by atoms with Gasteiger partial charge in [0.2, 0.25) is 0 Å². The van der Waals surface area contributed by atoms with Crippen LogP contribution in [0.15, 0.2) is 47.9 Å². The molecule has 2 rings (SSSR count).